The van der Waals surface area contributed by atoms with Crippen LogP contribution in [0.15, 0.2) is 54.6 Å². The van der Waals surface area contributed by atoms with E-state index in [0.717, 1.165) is 25.4 Å². The first-order valence-corrected chi connectivity index (χ1v) is 9.06. The van der Waals surface area contributed by atoms with E-state index in [1.807, 2.05) is 35.2 Å². The minimum Gasteiger partial charge on any atom is -0.492 e. The van der Waals surface area contributed by atoms with E-state index >= 15 is 0 Å². The van der Waals surface area contributed by atoms with Gasteiger partial charge in [-0.25, -0.2) is 0 Å². The number of hydrogen-bond donors (Lipinski definition) is 0. The summed E-state index contributed by atoms with van der Waals surface area (Å²) in [5.41, 5.74) is 0.438. The van der Waals surface area contributed by atoms with Gasteiger partial charge in [0.25, 0.3) is 5.91 Å². The molecule has 0 radical (unpaired) electrons. The average molecular weight is 365 g/mol. The standard InChI is InChI=1S/C21H23N3O3/c22-16-18-6-4-5-9-20(18)27-17-21(25)24-12-10-23(11-13-24)14-15-26-19-7-2-1-3-8-19/h1-9H,10-15,17H2. The van der Waals surface area contributed by atoms with Gasteiger partial charge in [-0.2, -0.15) is 5.26 Å². The van der Waals surface area contributed by atoms with Crippen molar-refractivity contribution in [2.24, 2.45) is 0 Å². The highest BCUT2D eigenvalue weighted by molar-refractivity contribution is 5.78. The molecule has 1 amide bonds. The third-order valence-corrected chi connectivity index (χ3v) is 4.50. The number of para-hydroxylation sites is 2. The molecule has 2 aromatic rings. The first kappa shape index (κ1) is 18.7. The summed E-state index contributed by atoms with van der Waals surface area (Å²) in [6.07, 6.45) is 0. The third kappa shape index (κ3) is 5.47. The van der Waals surface area contributed by atoms with E-state index < -0.39 is 0 Å². The summed E-state index contributed by atoms with van der Waals surface area (Å²) >= 11 is 0. The third-order valence-electron chi connectivity index (χ3n) is 4.50. The quantitative estimate of drug-likeness (QED) is 0.752. The number of carbonyl (C=O) groups is 1. The lowest BCUT2D eigenvalue weighted by molar-refractivity contribution is -0.135. The van der Waals surface area contributed by atoms with Crippen LogP contribution in [-0.4, -0.2) is 61.6 Å². The number of piperazine rings is 1. The highest BCUT2D eigenvalue weighted by atomic mass is 16.5. The summed E-state index contributed by atoms with van der Waals surface area (Å²) in [6, 6.07) is 18.8. The molecule has 1 saturated heterocycles. The summed E-state index contributed by atoms with van der Waals surface area (Å²) in [6.45, 7) is 4.41. The molecule has 1 fully saturated rings. The highest BCUT2D eigenvalue weighted by Crippen LogP contribution is 2.16. The molecule has 6 nitrogen and oxygen atoms in total. The Bertz CT molecular complexity index is 781. The molecule has 0 N–H and O–H groups in total. The molecule has 0 unspecified atom stereocenters. The Kier molecular flexibility index (Phi) is 6.66. The molecule has 1 aliphatic heterocycles. The van der Waals surface area contributed by atoms with Crippen molar-refractivity contribution in [1.29, 1.82) is 5.26 Å². The van der Waals surface area contributed by atoms with Crippen LogP contribution < -0.4 is 9.47 Å². The number of nitriles is 1. The number of amides is 1. The minimum absolute atomic E-state index is 0.0458. The zero-order valence-corrected chi connectivity index (χ0v) is 15.2. The molecule has 0 spiro atoms. The first-order valence-electron chi connectivity index (χ1n) is 9.06. The van der Waals surface area contributed by atoms with Gasteiger partial charge in [0.2, 0.25) is 0 Å². The second kappa shape index (κ2) is 9.60. The van der Waals surface area contributed by atoms with Crippen LogP contribution in [0.25, 0.3) is 0 Å². The van der Waals surface area contributed by atoms with Gasteiger partial charge in [-0.15, -0.1) is 0 Å². The SMILES string of the molecule is N#Cc1ccccc1OCC(=O)N1CCN(CCOc2ccccc2)CC1. The van der Waals surface area contributed by atoms with E-state index in [0.29, 0.717) is 31.0 Å². The number of ether oxygens (including phenoxy) is 2. The summed E-state index contributed by atoms with van der Waals surface area (Å²) in [7, 11) is 0. The van der Waals surface area contributed by atoms with Gasteiger partial charge in [0.05, 0.1) is 5.56 Å². The summed E-state index contributed by atoms with van der Waals surface area (Å²) in [5, 5.41) is 9.06. The van der Waals surface area contributed by atoms with E-state index in [2.05, 4.69) is 11.0 Å². The normalized spacial score (nSPS) is 14.4. The Morgan fingerprint density at radius 1 is 0.963 bits per heavy atom. The Balaban J connectivity index is 1.37. The van der Waals surface area contributed by atoms with Crippen LogP contribution in [0.4, 0.5) is 0 Å². The van der Waals surface area contributed by atoms with Crippen molar-refractivity contribution < 1.29 is 14.3 Å². The number of carbonyl (C=O) groups excluding carboxylic acids is 1. The Morgan fingerprint density at radius 2 is 1.67 bits per heavy atom. The number of nitrogens with zero attached hydrogens (tertiary/aromatic N) is 3. The molecule has 1 heterocycles. The molecule has 1 aliphatic rings. The monoisotopic (exact) mass is 365 g/mol. The molecule has 2 aromatic carbocycles. The predicted octanol–water partition coefficient (Wildman–Crippen LogP) is 2.16. The van der Waals surface area contributed by atoms with Crippen molar-refractivity contribution in [2.45, 2.75) is 0 Å². The van der Waals surface area contributed by atoms with Gasteiger partial charge in [-0.3, -0.25) is 9.69 Å². The van der Waals surface area contributed by atoms with Crippen LogP contribution in [0.3, 0.4) is 0 Å². The van der Waals surface area contributed by atoms with Gasteiger partial charge in [-0.05, 0) is 24.3 Å². The number of benzene rings is 2. The molecule has 0 atom stereocenters. The van der Waals surface area contributed by atoms with Crippen molar-refractivity contribution in [1.82, 2.24) is 9.80 Å². The largest absolute Gasteiger partial charge is 0.492 e. The Labute approximate surface area is 159 Å². The number of rotatable bonds is 7. The van der Waals surface area contributed by atoms with Crippen molar-refractivity contribution >= 4 is 5.91 Å². The lowest BCUT2D eigenvalue weighted by Gasteiger charge is -2.34. The lowest BCUT2D eigenvalue weighted by Crippen LogP contribution is -2.50. The van der Waals surface area contributed by atoms with Gasteiger partial charge in [-0.1, -0.05) is 30.3 Å². The van der Waals surface area contributed by atoms with Crippen molar-refractivity contribution in [3.8, 4) is 17.6 Å². The molecule has 3 rings (SSSR count). The molecule has 0 saturated carbocycles. The molecule has 0 bridgehead atoms. The fraction of sp³-hybridized carbons (Fsp3) is 0.333. The fourth-order valence-electron chi connectivity index (χ4n) is 2.95. The predicted molar refractivity (Wildman–Crippen MR) is 102 cm³/mol. The molecular formula is C21H23N3O3. The van der Waals surface area contributed by atoms with E-state index in [1.165, 1.54) is 0 Å². The maximum absolute atomic E-state index is 12.4. The van der Waals surface area contributed by atoms with Gasteiger partial charge in [0.15, 0.2) is 6.61 Å². The molecule has 6 heteroatoms. The smallest absolute Gasteiger partial charge is 0.260 e. The highest BCUT2D eigenvalue weighted by Gasteiger charge is 2.21. The zero-order chi connectivity index (χ0) is 18.9. The maximum atomic E-state index is 12.4. The second-order valence-electron chi connectivity index (χ2n) is 6.28. The minimum atomic E-state index is -0.0528. The Hall–Kier alpha value is -3.04. The van der Waals surface area contributed by atoms with E-state index in [1.54, 1.807) is 24.3 Å². The summed E-state index contributed by atoms with van der Waals surface area (Å²) < 4.78 is 11.3. The Morgan fingerprint density at radius 3 is 2.41 bits per heavy atom. The van der Waals surface area contributed by atoms with E-state index in [4.69, 9.17) is 14.7 Å². The van der Waals surface area contributed by atoms with Crippen LogP contribution >= 0.6 is 0 Å². The van der Waals surface area contributed by atoms with Gasteiger partial charge >= 0.3 is 0 Å². The fourth-order valence-corrected chi connectivity index (χ4v) is 2.95. The average Bonchev–Trinajstić information content (AvgIpc) is 2.73. The molecule has 0 aliphatic carbocycles. The first-order chi connectivity index (χ1) is 13.3. The van der Waals surface area contributed by atoms with Crippen LogP contribution in [0.1, 0.15) is 5.56 Å². The van der Waals surface area contributed by atoms with Crippen molar-refractivity contribution in [3.05, 3.63) is 60.2 Å². The van der Waals surface area contributed by atoms with Crippen LogP contribution in [0.2, 0.25) is 0 Å². The van der Waals surface area contributed by atoms with Crippen LogP contribution in [-0.2, 0) is 4.79 Å². The second-order valence-corrected chi connectivity index (χ2v) is 6.28. The maximum Gasteiger partial charge on any atom is 0.260 e. The molecular weight excluding hydrogens is 342 g/mol. The van der Waals surface area contributed by atoms with Crippen LogP contribution in [0, 0.1) is 11.3 Å². The summed E-state index contributed by atoms with van der Waals surface area (Å²) in [4.78, 5) is 16.5. The number of hydrogen-bond acceptors (Lipinski definition) is 5. The van der Waals surface area contributed by atoms with Gasteiger partial charge in [0.1, 0.15) is 24.2 Å². The summed E-state index contributed by atoms with van der Waals surface area (Å²) in [5.74, 6) is 1.27. The van der Waals surface area contributed by atoms with E-state index in [-0.39, 0.29) is 12.5 Å². The van der Waals surface area contributed by atoms with Crippen molar-refractivity contribution in [3.63, 3.8) is 0 Å². The van der Waals surface area contributed by atoms with Gasteiger partial charge < -0.3 is 14.4 Å². The van der Waals surface area contributed by atoms with E-state index in [9.17, 15) is 4.79 Å². The van der Waals surface area contributed by atoms with Crippen LogP contribution in [0.5, 0.6) is 11.5 Å². The molecule has 140 valence electrons. The topological polar surface area (TPSA) is 65.8 Å². The molecule has 0 aromatic heterocycles. The van der Waals surface area contributed by atoms with Crippen molar-refractivity contribution in [2.75, 3.05) is 45.9 Å². The molecule has 27 heavy (non-hydrogen) atoms. The zero-order valence-electron chi connectivity index (χ0n) is 15.2. The van der Waals surface area contributed by atoms with Gasteiger partial charge in [0, 0.05) is 32.7 Å². The lowest BCUT2D eigenvalue weighted by atomic mass is 10.2.